The van der Waals surface area contributed by atoms with Crippen molar-refractivity contribution in [3.05, 3.63) is 16.1 Å². The molecular formula is C8H14N2S. The largest absolute Gasteiger partial charge is 0.325 e. The Bertz CT molecular complexity index is 218. The van der Waals surface area contributed by atoms with Crippen LogP contribution in [0.25, 0.3) is 0 Å². The van der Waals surface area contributed by atoms with Crippen molar-refractivity contribution in [1.29, 1.82) is 0 Å². The third kappa shape index (κ3) is 2.27. The molecule has 0 radical (unpaired) electrons. The van der Waals surface area contributed by atoms with E-state index in [0.717, 1.165) is 12.1 Å². The van der Waals surface area contributed by atoms with E-state index < -0.39 is 0 Å². The normalized spacial score (nSPS) is 10.9. The lowest BCUT2D eigenvalue weighted by atomic mass is 10.1. The number of thiazole rings is 1. The first kappa shape index (κ1) is 8.68. The Kier molecular flexibility index (Phi) is 3.02. The molecule has 62 valence electrons. The van der Waals surface area contributed by atoms with Crippen molar-refractivity contribution in [1.82, 2.24) is 4.98 Å². The van der Waals surface area contributed by atoms with Crippen molar-refractivity contribution in [2.45, 2.75) is 26.8 Å². The van der Waals surface area contributed by atoms with Crippen LogP contribution in [0, 0.1) is 5.92 Å². The molecule has 0 fully saturated rings. The van der Waals surface area contributed by atoms with Crippen LogP contribution in [-0.2, 0) is 13.0 Å². The SMILES string of the molecule is CC(C)Cc1scnc1CN. The number of rotatable bonds is 3. The van der Waals surface area contributed by atoms with Crippen LogP contribution in [0.3, 0.4) is 0 Å². The fourth-order valence-electron chi connectivity index (χ4n) is 0.997. The summed E-state index contributed by atoms with van der Waals surface area (Å²) in [5.41, 5.74) is 8.46. The highest BCUT2D eigenvalue weighted by atomic mass is 32.1. The number of nitrogens with zero attached hydrogens (tertiary/aromatic N) is 1. The van der Waals surface area contributed by atoms with Crippen molar-refractivity contribution >= 4 is 11.3 Å². The zero-order valence-electron chi connectivity index (χ0n) is 7.00. The van der Waals surface area contributed by atoms with Gasteiger partial charge in [-0.25, -0.2) is 4.98 Å². The van der Waals surface area contributed by atoms with Crippen LogP contribution in [0.2, 0.25) is 0 Å². The maximum Gasteiger partial charge on any atom is 0.0798 e. The minimum Gasteiger partial charge on any atom is -0.325 e. The van der Waals surface area contributed by atoms with E-state index in [-0.39, 0.29) is 0 Å². The van der Waals surface area contributed by atoms with Gasteiger partial charge in [-0.15, -0.1) is 11.3 Å². The molecule has 3 heteroatoms. The van der Waals surface area contributed by atoms with E-state index in [2.05, 4.69) is 18.8 Å². The summed E-state index contributed by atoms with van der Waals surface area (Å²) in [5.74, 6) is 0.695. The minimum atomic E-state index is 0.575. The molecule has 0 spiro atoms. The van der Waals surface area contributed by atoms with Crippen molar-refractivity contribution < 1.29 is 0 Å². The monoisotopic (exact) mass is 170 g/mol. The molecule has 0 unspecified atom stereocenters. The van der Waals surface area contributed by atoms with Crippen LogP contribution in [0.1, 0.15) is 24.4 Å². The first-order chi connectivity index (χ1) is 5.24. The average molecular weight is 170 g/mol. The van der Waals surface area contributed by atoms with Crippen LogP contribution < -0.4 is 5.73 Å². The summed E-state index contributed by atoms with van der Waals surface area (Å²) in [4.78, 5) is 5.53. The van der Waals surface area contributed by atoms with Crippen LogP contribution in [0.15, 0.2) is 5.51 Å². The minimum absolute atomic E-state index is 0.575. The first-order valence-electron chi connectivity index (χ1n) is 3.85. The van der Waals surface area contributed by atoms with Gasteiger partial charge in [-0.3, -0.25) is 0 Å². The molecule has 1 heterocycles. The lowest BCUT2D eigenvalue weighted by molar-refractivity contribution is 0.648. The maximum atomic E-state index is 5.51. The standard InChI is InChI=1S/C8H14N2S/c1-6(2)3-8-7(4-9)10-5-11-8/h5-6H,3-4,9H2,1-2H3. The molecule has 0 aliphatic rings. The van der Waals surface area contributed by atoms with Gasteiger partial charge in [-0.2, -0.15) is 0 Å². The zero-order valence-corrected chi connectivity index (χ0v) is 7.82. The van der Waals surface area contributed by atoms with Gasteiger partial charge < -0.3 is 5.73 Å². The Hall–Kier alpha value is -0.410. The summed E-state index contributed by atoms with van der Waals surface area (Å²) >= 11 is 1.71. The number of hydrogen-bond donors (Lipinski definition) is 1. The second-order valence-corrected chi connectivity index (χ2v) is 3.96. The Morgan fingerprint density at radius 3 is 2.91 bits per heavy atom. The molecule has 1 rings (SSSR count). The molecule has 0 bridgehead atoms. The molecule has 0 amide bonds. The van der Waals surface area contributed by atoms with Gasteiger partial charge in [0, 0.05) is 11.4 Å². The maximum absolute atomic E-state index is 5.51. The molecule has 0 aliphatic carbocycles. The summed E-state index contributed by atoms with van der Waals surface area (Å²) in [6, 6.07) is 0. The quantitative estimate of drug-likeness (QED) is 0.751. The van der Waals surface area contributed by atoms with E-state index in [1.165, 1.54) is 4.88 Å². The highest BCUT2D eigenvalue weighted by Crippen LogP contribution is 2.16. The summed E-state index contributed by atoms with van der Waals surface area (Å²) in [6.07, 6.45) is 1.11. The molecule has 0 atom stereocenters. The Morgan fingerprint density at radius 1 is 1.64 bits per heavy atom. The third-order valence-corrected chi connectivity index (χ3v) is 2.41. The first-order valence-corrected chi connectivity index (χ1v) is 4.73. The van der Waals surface area contributed by atoms with E-state index >= 15 is 0 Å². The molecule has 2 nitrogen and oxygen atoms in total. The van der Waals surface area contributed by atoms with Gasteiger partial charge in [0.1, 0.15) is 0 Å². The molecule has 0 aromatic carbocycles. The van der Waals surface area contributed by atoms with E-state index in [4.69, 9.17) is 5.73 Å². The molecule has 1 aromatic heterocycles. The second-order valence-electron chi connectivity index (χ2n) is 3.02. The van der Waals surface area contributed by atoms with Crippen molar-refractivity contribution in [3.63, 3.8) is 0 Å². The highest BCUT2D eigenvalue weighted by Gasteiger charge is 2.05. The van der Waals surface area contributed by atoms with E-state index in [0.29, 0.717) is 12.5 Å². The summed E-state index contributed by atoms with van der Waals surface area (Å²) < 4.78 is 0. The van der Waals surface area contributed by atoms with Crippen LogP contribution >= 0.6 is 11.3 Å². The number of hydrogen-bond acceptors (Lipinski definition) is 3. The van der Waals surface area contributed by atoms with Gasteiger partial charge in [-0.05, 0) is 12.3 Å². The molecule has 11 heavy (non-hydrogen) atoms. The topological polar surface area (TPSA) is 38.9 Å². The van der Waals surface area contributed by atoms with Gasteiger partial charge >= 0.3 is 0 Å². The summed E-state index contributed by atoms with van der Waals surface area (Å²) in [5, 5.41) is 0. The van der Waals surface area contributed by atoms with Gasteiger partial charge in [0.25, 0.3) is 0 Å². The lowest BCUT2D eigenvalue weighted by Crippen LogP contribution is -2.02. The van der Waals surface area contributed by atoms with E-state index in [1.54, 1.807) is 11.3 Å². The van der Waals surface area contributed by atoms with Crippen molar-refractivity contribution in [2.24, 2.45) is 11.7 Å². The summed E-state index contributed by atoms with van der Waals surface area (Å²) in [6.45, 7) is 4.99. The van der Waals surface area contributed by atoms with Crippen LogP contribution in [-0.4, -0.2) is 4.98 Å². The fraction of sp³-hybridized carbons (Fsp3) is 0.625. The fourth-order valence-corrected chi connectivity index (χ4v) is 2.01. The van der Waals surface area contributed by atoms with Crippen molar-refractivity contribution in [3.8, 4) is 0 Å². The van der Waals surface area contributed by atoms with Gasteiger partial charge in [0.2, 0.25) is 0 Å². The molecule has 0 saturated carbocycles. The molecule has 0 saturated heterocycles. The molecular weight excluding hydrogens is 156 g/mol. The van der Waals surface area contributed by atoms with Gasteiger partial charge in [-0.1, -0.05) is 13.8 Å². The molecule has 0 aliphatic heterocycles. The summed E-state index contributed by atoms with van der Waals surface area (Å²) in [7, 11) is 0. The van der Waals surface area contributed by atoms with E-state index in [1.807, 2.05) is 5.51 Å². The van der Waals surface area contributed by atoms with E-state index in [9.17, 15) is 0 Å². The average Bonchev–Trinajstić information content (AvgIpc) is 2.34. The van der Waals surface area contributed by atoms with Crippen LogP contribution in [0.4, 0.5) is 0 Å². The van der Waals surface area contributed by atoms with Gasteiger partial charge in [0.15, 0.2) is 0 Å². The van der Waals surface area contributed by atoms with Crippen LogP contribution in [0.5, 0.6) is 0 Å². The smallest absolute Gasteiger partial charge is 0.0798 e. The molecule has 1 aromatic rings. The Morgan fingerprint density at radius 2 is 2.36 bits per heavy atom. The highest BCUT2D eigenvalue weighted by molar-refractivity contribution is 7.09. The molecule has 2 N–H and O–H groups in total. The Balaban J connectivity index is 2.68. The zero-order chi connectivity index (χ0) is 8.27. The lowest BCUT2D eigenvalue weighted by Gasteiger charge is -2.02. The number of aromatic nitrogens is 1. The predicted octanol–water partition coefficient (Wildman–Crippen LogP) is 1.80. The third-order valence-electron chi connectivity index (χ3n) is 1.51. The Labute approximate surface area is 71.5 Å². The van der Waals surface area contributed by atoms with Crippen molar-refractivity contribution in [2.75, 3.05) is 0 Å². The van der Waals surface area contributed by atoms with Gasteiger partial charge in [0.05, 0.1) is 11.2 Å². The predicted molar refractivity (Wildman–Crippen MR) is 48.5 cm³/mol. The number of nitrogens with two attached hydrogens (primary N) is 1. The second kappa shape index (κ2) is 3.83.